The van der Waals surface area contributed by atoms with Crippen LogP contribution in [0.1, 0.15) is 37.4 Å². The van der Waals surface area contributed by atoms with Gasteiger partial charge in [-0.25, -0.2) is 13.1 Å². The fraction of sp³-hybridized carbons (Fsp3) is 0.692. The Morgan fingerprint density at radius 2 is 1.84 bits per heavy atom. The molecule has 0 unspecified atom stereocenters. The highest BCUT2D eigenvalue weighted by Gasteiger charge is 2.66. The van der Waals surface area contributed by atoms with Crippen LogP contribution < -0.4 is 10.5 Å². The molecule has 0 bridgehead atoms. The van der Waals surface area contributed by atoms with Gasteiger partial charge >= 0.3 is 0 Å². The number of hydrogen-bond acceptors (Lipinski definition) is 4. The van der Waals surface area contributed by atoms with Gasteiger partial charge in [0.25, 0.3) is 0 Å². The number of hydrogen-bond donors (Lipinski definition) is 2. The van der Waals surface area contributed by atoms with Gasteiger partial charge in [0.05, 0.1) is 4.90 Å². The van der Waals surface area contributed by atoms with E-state index in [4.69, 9.17) is 5.73 Å². The number of nitrogens with one attached hydrogen (secondary N) is 1. The van der Waals surface area contributed by atoms with Gasteiger partial charge < -0.3 is 5.73 Å². The maximum absolute atomic E-state index is 12.5. The van der Waals surface area contributed by atoms with Gasteiger partial charge in [-0.2, -0.15) is 0 Å². The summed E-state index contributed by atoms with van der Waals surface area (Å²) in [5.74, 6) is 0. The zero-order chi connectivity index (χ0) is 14.6. The van der Waals surface area contributed by atoms with E-state index in [0.29, 0.717) is 11.4 Å². The van der Waals surface area contributed by atoms with Gasteiger partial charge in [0, 0.05) is 22.3 Å². The van der Waals surface area contributed by atoms with Crippen LogP contribution in [0.2, 0.25) is 0 Å². The van der Waals surface area contributed by atoms with E-state index in [1.54, 1.807) is 6.07 Å². The summed E-state index contributed by atoms with van der Waals surface area (Å²) in [7, 11) is -3.45. The van der Waals surface area contributed by atoms with Crippen molar-refractivity contribution in [2.75, 3.05) is 0 Å². The largest absolute Gasteiger partial charge is 0.326 e. The SMILES string of the molecule is Cc1sc(CN)cc1S(=O)(=O)NC1C(C)(C)C1(C)C. The van der Waals surface area contributed by atoms with E-state index < -0.39 is 10.0 Å². The number of rotatable bonds is 4. The van der Waals surface area contributed by atoms with Gasteiger partial charge in [0.2, 0.25) is 10.0 Å². The average molecular weight is 302 g/mol. The lowest BCUT2D eigenvalue weighted by Crippen LogP contribution is -2.30. The Bertz CT molecular complexity index is 586. The Kier molecular flexibility index (Phi) is 3.37. The summed E-state index contributed by atoms with van der Waals surface area (Å²) in [5.41, 5.74) is 5.54. The Morgan fingerprint density at radius 1 is 1.32 bits per heavy atom. The minimum atomic E-state index is -3.45. The quantitative estimate of drug-likeness (QED) is 0.896. The Morgan fingerprint density at radius 3 is 2.21 bits per heavy atom. The van der Waals surface area contributed by atoms with E-state index in [1.807, 2.05) is 6.92 Å². The molecule has 4 nitrogen and oxygen atoms in total. The summed E-state index contributed by atoms with van der Waals surface area (Å²) in [6.07, 6.45) is 0. The normalized spacial score (nSPS) is 21.6. The van der Waals surface area contributed by atoms with Crippen LogP contribution in [0.4, 0.5) is 0 Å². The Hall–Kier alpha value is -0.430. The molecule has 1 aliphatic carbocycles. The summed E-state index contributed by atoms with van der Waals surface area (Å²) in [6, 6.07) is 1.66. The first-order valence-electron chi connectivity index (χ1n) is 6.36. The predicted octanol–water partition coefficient (Wildman–Crippen LogP) is 2.23. The van der Waals surface area contributed by atoms with E-state index in [9.17, 15) is 8.42 Å². The van der Waals surface area contributed by atoms with Crippen LogP contribution >= 0.6 is 11.3 Å². The molecule has 6 heteroatoms. The molecule has 108 valence electrons. The Labute approximate surface area is 119 Å². The van der Waals surface area contributed by atoms with Crippen molar-refractivity contribution in [2.24, 2.45) is 16.6 Å². The van der Waals surface area contributed by atoms with Crippen molar-refractivity contribution >= 4 is 21.4 Å². The molecule has 2 rings (SSSR count). The molecular formula is C13H22N2O2S2. The van der Waals surface area contributed by atoms with E-state index in [-0.39, 0.29) is 16.9 Å². The molecule has 0 radical (unpaired) electrons. The number of aryl methyl sites for hydroxylation is 1. The molecule has 1 fully saturated rings. The highest BCUT2D eigenvalue weighted by atomic mass is 32.2. The van der Waals surface area contributed by atoms with Crippen LogP contribution in [0, 0.1) is 17.8 Å². The molecule has 0 spiro atoms. The first kappa shape index (κ1) is 15.0. The lowest BCUT2D eigenvalue weighted by atomic mass is 10.0. The van der Waals surface area contributed by atoms with E-state index in [0.717, 1.165) is 9.75 Å². The zero-order valence-corrected chi connectivity index (χ0v) is 13.7. The molecule has 1 aromatic heterocycles. The summed E-state index contributed by atoms with van der Waals surface area (Å²) in [5, 5.41) is 0. The average Bonchev–Trinajstić information content (AvgIpc) is 2.66. The van der Waals surface area contributed by atoms with Crippen molar-refractivity contribution in [1.29, 1.82) is 0 Å². The van der Waals surface area contributed by atoms with Gasteiger partial charge in [0.1, 0.15) is 0 Å². The third-order valence-corrected chi connectivity index (χ3v) is 7.46. The van der Waals surface area contributed by atoms with E-state index in [1.165, 1.54) is 11.3 Å². The van der Waals surface area contributed by atoms with Crippen LogP contribution in [0.5, 0.6) is 0 Å². The van der Waals surface area contributed by atoms with Crippen LogP contribution in [0.25, 0.3) is 0 Å². The molecule has 0 aliphatic heterocycles. The van der Waals surface area contributed by atoms with Gasteiger partial charge in [-0.1, -0.05) is 27.7 Å². The van der Waals surface area contributed by atoms with E-state index in [2.05, 4.69) is 32.4 Å². The minimum absolute atomic E-state index is 0.0132. The highest BCUT2D eigenvalue weighted by Crippen LogP contribution is 2.63. The highest BCUT2D eigenvalue weighted by molar-refractivity contribution is 7.89. The van der Waals surface area contributed by atoms with Crippen molar-refractivity contribution in [3.63, 3.8) is 0 Å². The smallest absolute Gasteiger partial charge is 0.241 e. The van der Waals surface area contributed by atoms with Crippen molar-refractivity contribution in [2.45, 2.75) is 52.1 Å². The van der Waals surface area contributed by atoms with Crippen LogP contribution in [-0.4, -0.2) is 14.5 Å². The molecule has 3 N–H and O–H groups in total. The first-order chi connectivity index (χ1) is 8.54. The van der Waals surface area contributed by atoms with Gasteiger partial charge in [-0.15, -0.1) is 11.3 Å². The second-order valence-corrected chi connectivity index (χ2v) is 9.36. The zero-order valence-electron chi connectivity index (χ0n) is 12.1. The fourth-order valence-electron chi connectivity index (χ4n) is 2.60. The number of sulfonamides is 1. The monoisotopic (exact) mass is 302 g/mol. The maximum Gasteiger partial charge on any atom is 0.241 e. The van der Waals surface area contributed by atoms with Crippen LogP contribution in [0.15, 0.2) is 11.0 Å². The lowest BCUT2D eigenvalue weighted by molar-refractivity contribution is 0.457. The van der Waals surface area contributed by atoms with Crippen LogP contribution in [-0.2, 0) is 16.6 Å². The first-order valence-corrected chi connectivity index (χ1v) is 8.65. The summed E-state index contributed by atoms with van der Waals surface area (Å²) in [4.78, 5) is 2.06. The fourth-order valence-corrected chi connectivity index (χ4v) is 5.65. The molecule has 0 saturated heterocycles. The molecule has 0 atom stereocenters. The topological polar surface area (TPSA) is 72.2 Å². The van der Waals surface area contributed by atoms with Gasteiger partial charge in [-0.05, 0) is 23.8 Å². The second-order valence-electron chi connectivity index (χ2n) is 6.33. The van der Waals surface area contributed by atoms with E-state index >= 15 is 0 Å². The molecular weight excluding hydrogens is 280 g/mol. The molecule has 0 amide bonds. The Balaban J connectivity index is 2.27. The van der Waals surface area contributed by atoms with Crippen molar-refractivity contribution in [3.8, 4) is 0 Å². The predicted molar refractivity (Wildman–Crippen MR) is 78.6 cm³/mol. The second kappa shape index (κ2) is 4.28. The maximum atomic E-state index is 12.5. The molecule has 1 heterocycles. The van der Waals surface area contributed by atoms with Gasteiger partial charge in [0.15, 0.2) is 0 Å². The summed E-state index contributed by atoms with van der Waals surface area (Å²) in [6.45, 7) is 10.6. The number of nitrogens with two attached hydrogens (primary N) is 1. The molecule has 19 heavy (non-hydrogen) atoms. The van der Waals surface area contributed by atoms with Crippen molar-refractivity contribution < 1.29 is 8.42 Å². The standard InChI is InChI=1S/C13H22N2O2S2/c1-8-10(6-9(7-14)18-8)19(16,17)15-11-12(2,3)13(11,4)5/h6,11,15H,7,14H2,1-5H3. The number of thiophene rings is 1. The van der Waals surface area contributed by atoms with Crippen molar-refractivity contribution in [3.05, 3.63) is 15.8 Å². The summed E-state index contributed by atoms with van der Waals surface area (Å²) >= 11 is 1.44. The summed E-state index contributed by atoms with van der Waals surface area (Å²) < 4.78 is 27.8. The minimum Gasteiger partial charge on any atom is -0.326 e. The molecule has 0 aromatic carbocycles. The molecule has 1 saturated carbocycles. The molecule has 1 aliphatic rings. The molecule has 1 aromatic rings. The lowest BCUT2D eigenvalue weighted by Gasteiger charge is -2.07. The van der Waals surface area contributed by atoms with Gasteiger partial charge in [-0.3, -0.25) is 0 Å². The third-order valence-electron chi connectivity index (χ3n) is 4.71. The van der Waals surface area contributed by atoms with Crippen molar-refractivity contribution in [1.82, 2.24) is 4.72 Å². The third kappa shape index (κ3) is 2.24. The van der Waals surface area contributed by atoms with Crippen LogP contribution in [0.3, 0.4) is 0 Å².